The second-order valence-electron chi connectivity index (χ2n) is 9.19. The molecule has 6 aromatic rings. The highest BCUT2D eigenvalue weighted by Gasteiger charge is 2.17. The fraction of sp³-hybridized carbons (Fsp3) is 0. The molecule has 0 spiro atoms. The molecule has 0 fully saturated rings. The van der Waals surface area contributed by atoms with Crippen LogP contribution in [0.1, 0.15) is 31.6 Å². The van der Waals surface area contributed by atoms with E-state index in [2.05, 4.69) is 30.1 Å². The van der Waals surface area contributed by atoms with E-state index in [0.29, 0.717) is 17.8 Å². The standard InChI is InChI=1S/2C12H7F2NO2.C8H6N4O2/c2*13-7-3-4-8(10(14)6-7)9-2-1-5-15-11(9)12(16)17;13-8(14)7-10-6(11-12-7)5-3-1-2-4-9-5/h2*1-6H,(H,16,17);1-4H,(H,13,14)(H,10,11,12). The van der Waals surface area contributed by atoms with Crippen molar-refractivity contribution in [3.8, 4) is 33.8 Å². The van der Waals surface area contributed by atoms with Gasteiger partial charge in [-0.3, -0.25) is 10.1 Å². The van der Waals surface area contributed by atoms with Gasteiger partial charge < -0.3 is 15.3 Å². The average molecular weight is 661 g/mol. The number of rotatable bonds is 6. The Kier molecular flexibility index (Phi) is 10.9. The number of aromatic amines is 1. The van der Waals surface area contributed by atoms with E-state index in [0.717, 1.165) is 12.1 Å². The zero-order valence-corrected chi connectivity index (χ0v) is 24.1. The molecule has 0 aliphatic heterocycles. The lowest BCUT2D eigenvalue weighted by atomic mass is 10.0. The summed E-state index contributed by atoms with van der Waals surface area (Å²) in [6.45, 7) is 0. The fourth-order valence-electron chi connectivity index (χ4n) is 3.97. The summed E-state index contributed by atoms with van der Waals surface area (Å²) in [5.74, 6) is -6.64. The minimum atomic E-state index is -1.26. The summed E-state index contributed by atoms with van der Waals surface area (Å²) in [5, 5.41) is 32.4. The highest BCUT2D eigenvalue weighted by atomic mass is 19.1. The maximum absolute atomic E-state index is 13.5. The number of nitrogens with zero attached hydrogens (tertiary/aromatic N) is 5. The third-order valence-corrected chi connectivity index (χ3v) is 6.05. The molecule has 4 N–H and O–H groups in total. The fourth-order valence-corrected chi connectivity index (χ4v) is 3.97. The van der Waals surface area contributed by atoms with Gasteiger partial charge in [0.25, 0.3) is 0 Å². The van der Waals surface area contributed by atoms with Crippen LogP contribution in [0.5, 0.6) is 0 Å². The van der Waals surface area contributed by atoms with Crippen LogP contribution >= 0.6 is 0 Å². The molecule has 4 heterocycles. The van der Waals surface area contributed by atoms with E-state index in [1.54, 1.807) is 24.4 Å². The topological polar surface area (TPSA) is 192 Å². The number of aromatic carboxylic acids is 3. The van der Waals surface area contributed by atoms with Crippen molar-refractivity contribution < 1.29 is 47.3 Å². The molecule has 0 aliphatic carbocycles. The molecule has 0 atom stereocenters. The molecule has 16 heteroatoms. The molecule has 12 nitrogen and oxygen atoms in total. The van der Waals surface area contributed by atoms with E-state index in [1.165, 1.54) is 48.8 Å². The normalized spacial score (nSPS) is 10.2. The molecule has 2 aromatic carbocycles. The molecule has 0 radical (unpaired) electrons. The second kappa shape index (κ2) is 15.4. The smallest absolute Gasteiger partial charge is 0.373 e. The summed E-state index contributed by atoms with van der Waals surface area (Å²) >= 11 is 0. The van der Waals surface area contributed by atoms with E-state index >= 15 is 0 Å². The molecular weight excluding hydrogens is 640 g/mol. The van der Waals surface area contributed by atoms with Gasteiger partial charge in [-0.2, -0.15) is 10.1 Å². The molecule has 0 aliphatic rings. The van der Waals surface area contributed by atoms with Crippen LogP contribution in [0.4, 0.5) is 17.6 Å². The Bertz CT molecular complexity index is 1990. The SMILES string of the molecule is O=C(O)c1nc(-c2ccccn2)n[nH]1.O=C(O)c1ncccc1-c1ccc(F)cc1F.O=C(O)c1ncccc1-c1ccc(F)cc1F. The number of aromatic nitrogens is 6. The van der Waals surface area contributed by atoms with Crippen molar-refractivity contribution in [2.24, 2.45) is 0 Å². The van der Waals surface area contributed by atoms with Crippen molar-refractivity contribution in [1.82, 2.24) is 30.1 Å². The van der Waals surface area contributed by atoms with E-state index in [1.807, 2.05) is 0 Å². The molecule has 0 saturated carbocycles. The van der Waals surface area contributed by atoms with Crippen LogP contribution in [0.3, 0.4) is 0 Å². The van der Waals surface area contributed by atoms with Gasteiger partial charge in [0.2, 0.25) is 5.82 Å². The number of halogens is 4. The Balaban J connectivity index is 0.000000163. The predicted molar refractivity (Wildman–Crippen MR) is 160 cm³/mol. The van der Waals surface area contributed by atoms with Crippen molar-refractivity contribution in [2.75, 3.05) is 0 Å². The van der Waals surface area contributed by atoms with E-state index in [9.17, 15) is 31.9 Å². The third kappa shape index (κ3) is 8.45. The monoisotopic (exact) mass is 660 g/mol. The Hall–Kier alpha value is -6.84. The second-order valence-corrected chi connectivity index (χ2v) is 9.19. The van der Waals surface area contributed by atoms with Crippen molar-refractivity contribution in [2.45, 2.75) is 0 Å². The number of H-pyrrole nitrogens is 1. The van der Waals surface area contributed by atoms with Crippen LogP contribution in [0.15, 0.2) is 97.5 Å². The summed E-state index contributed by atoms with van der Waals surface area (Å²) in [6, 6.07) is 17.0. The third-order valence-electron chi connectivity index (χ3n) is 6.05. The van der Waals surface area contributed by atoms with Crippen LogP contribution in [-0.4, -0.2) is 63.4 Å². The van der Waals surface area contributed by atoms with Gasteiger partial charge in [0, 0.05) is 53.0 Å². The number of nitrogens with one attached hydrogen (secondary N) is 1. The first-order chi connectivity index (χ1) is 23.0. The highest BCUT2D eigenvalue weighted by Crippen LogP contribution is 2.27. The van der Waals surface area contributed by atoms with Crippen molar-refractivity contribution in [3.63, 3.8) is 0 Å². The number of hydrogen-bond donors (Lipinski definition) is 4. The Morgan fingerprint density at radius 3 is 1.46 bits per heavy atom. The maximum Gasteiger partial charge on any atom is 0.373 e. The average Bonchev–Trinajstić information content (AvgIpc) is 3.57. The van der Waals surface area contributed by atoms with Crippen LogP contribution < -0.4 is 0 Å². The van der Waals surface area contributed by atoms with Gasteiger partial charge in [0.1, 0.15) is 29.0 Å². The first-order valence-corrected chi connectivity index (χ1v) is 13.3. The first kappa shape index (κ1) is 34.0. The lowest BCUT2D eigenvalue weighted by Crippen LogP contribution is -2.03. The molecule has 0 amide bonds. The largest absolute Gasteiger partial charge is 0.476 e. The number of pyridine rings is 3. The lowest BCUT2D eigenvalue weighted by Gasteiger charge is -2.06. The summed E-state index contributed by atoms with van der Waals surface area (Å²) < 4.78 is 52.5. The van der Waals surface area contributed by atoms with E-state index < -0.39 is 41.2 Å². The van der Waals surface area contributed by atoms with Gasteiger partial charge in [-0.1, -0.05) is 18.2 Å². The number of hydrogen-bond acceptors (Lipinski definition) is 8. The van der Waals surface area contributed by atoms with Gasteiger partial charge in [-0.15, -0.1) is 0 Å². The van der Waals surface area contributed by atoms with Crippen LogP contribution in [0.25, 0.3) is 33.8 Å². The summed E-state index contributed by atoms with van der Waals surface area (Å²) in [5.41, 5.74) is 0.274. The number of benzene rings is 2. The molecule has 0 unspecified atom stereocenters. The first-order valence-electron chi connectivity index (χ1n) is 13.3. The minimum absolute atomic E-state index is 0.0110. The molecule has 0 bridgehead atoms. The number of carboxylic acids is 3. The van der Waals surface area contributed by atoms with Crippen molar-refractivity contribution in [3.05, 3.63) is 138 Å². The van der Waals surface area contributed by atoms with Crippen molar-refractivity contribution >= 4 is 17.9 Å². The molecular formula is C32H20F4N6O6. The van der Waals surface area contributed by atoms with Crippen LogP contribution in [0, 0.1) is 23.3 Å². The Morgan fingerprint density at radius 1 is 0.562 bits per heavy atom. The van der Waals surface area contributed by atoms with E-state index in [-0.39, 0.29) is 45.3 Å². The Labute approximate surface area is 267 Å². The summed E-state index contributed by atoms with van der Waals surface area (Å²) in [6.07, 6.45) is 4.19. The van der Waals surface area contributed by atoms with Gasteiger partial charge in [-0.05, 0) is 48.5 Å². The number of carboxylic acid groups (broad SMARTS) is 3. The van der Waals surface area contributed by atoms with Gasteiger partial charge in [0.05, 0.1) is 0 Å². The van der Waals surface area contributed by atoms with E-state index in [4.69, 9.17) is 15.3 Å². The van der Waals surface area contributed by atoms with Crippen molar-refractivity contribution in [1.29, 1.82) is 0 Å². The van der Waals surface area contributed by atoms with Gasteiger partial charge >= 0.3 is 17.9 Å². The van der Waals surface area contributed by atoms with Crippen LogP contribution in [0.2, 0.25) is 0 Å². The molecule has 242 valence electrons. The summed E-state index contributed by atoms with van der Waals surface area (Å²) in [4.78, 5) is 47.4. The lowest BCUT2D eigenvalue weighted by molar-refractivity contribution is 0.0675. The molecule has 6 rings (SSSR count). The predicted octanol–water partition coefficient (Wildman–Crippen LogP) is 6.01. The molecule has 4 aromatic heterocycles. The zero-order valence-electron chi connectivity index (χ0n) is 24.1. The van der Waals surface area contributed by atoms with Crippen LogP contribution in [-0.2, 0) is 0 Å². The summed E-state index contributed by atoms with van der Waals surface area (Å²) in [7, 11) is 0. The Morgan fingerprint density at radius 2 is 1.06 bits per heavy atom. The zero-order chi connectivity index (χ0) is 34.8. The van der Waals surface area contributed by atoms with Gasteiger partial charge in [0.15, 0.2) is 17.2 Å². The minimum Gasteiger partial charge on any atom is -0.476 e. The maximum atomic E-state index is 13.5. The molecule has 0 saturated heterocycles. The van der Waals surface area contributed by atoms with Gasteiger partial charge in [-0.25, -0.2) is 41.9 Å². The highest BCUT2D eigenvalue weighted by molar-refractivity contribution is 5.94. The molecule has 48 heavy (non-hydrogen) atoms. The quantitative estimate of drug-likeness (QED) is 0.153. The number of carbonyl (C=O) groups is 3.